The van der Waals surface area contributed by atoms with Crippen LogP contribution in [0.25, 0.3) is 0 Å². The molecule has 4 nitrogen and oxygen atoms in total. The van der Waals surface area contributed by atoms with Crippen molar-refractivity contribution < 1.29 is 0 Å². The Labute approximate surface area is 81.7 Å². The minimum absolute atomic E-state index is 0.427. The predicted molar refractivity (Wildman–Crippen MR) is 51.9 cm³/mol. The fourth-order valence-electron chi connectivity index (χ4n) is 1.15. The smallest absolute Gasteiger partial charge is 0.151 e. The zero-order valence-corrected chi connectivity index (χ0v) is 7.88. The van der Waals surface area contributed by atoms with Gasteiger partial charge in [-0.2, -0.15) is 0 Å². The molecule has 2 N–H and O–H groups in total. The number of anilines is 1. The molecule has 13 heavy (non-hydrogen) atoms. The Balaban J connectivity index is 1.83. The normalized spacial score (nSPS) is 16.7. The van der Waals surface area contributed by atoms with E-state index >= 15 is 0 Å². The summed E-state index contributed by atoms with van der Waals surface area (Å²) in [6, 6.07) is 3.57. The molecule has 0 radical (unpaired) electrons. The molecule has 0 aliphatic carbocycles. The zero-order valence-electron chi connectivity index (χ0n) is 7.13. The third kappa shape index (κ3) is 2.29. The first-order valence-electron chi connectivity index (χ1n) is 4.28. The monoisotopic (exact) mass is 198 g/mol. The largest absolute Gasteiger partial charge is 0.368 e. The van der Waals surface area contributed by atoms with Gasteiger partial charge in [-0.3, -0.25) is 0 Å². The SMILES string of the molecule is Clc1ccc(NCC2CNC2)nn1. The topological polar surface area (TPSA) is 49.8 Å². The lowest BCUT2D eigenvalue weighted by Crippen LogP contribution is -2.45. The van der Waals surface area contributed by atoms with Crippen LogP contribution in [0.4, 0.5) is 5.82 Å². The van der Waals surface area contributed by atoms with E-state index in [1.807, 2.05) is 6.07 Å². The third-order valence-corrected chi connectivity index (χ3v) is 2.27. The van der Waals surface area contributed by atoms with Crippen LogP contribution in [0.1, 0.15) is 0 Å². The molecule has 0 saturated carbocycles. The van der Waals surface area contributed by atoms with Gasteiger partial charge in [0, 0.05) is 25.6 Å². The maximum Gasteiger partial charge on any atom is 0.151 e. The van der Waals surface area contributed by atoms with Crippen LogP contribution in [-0.4, -0.2) is 29.8 Å². The van der Waals surface area contributed by atoms with Crippen LogP contribution in [-0.2, 0) is 0 Å². The highest BCUT2D eigenvalue weighted by molar-refractivity contribution is 6.29. The summed E-state index contributed by atoms with van der Waals surface area (Å²) in [7, 11) is 0. The molecule has 1 fully saturated rings. The van der Waals surface area contributed by atoms with Crippen molar-refractivity contribution in [2.24, 2.45) is 5.92 Å². The van der Waals surface area contributed by atoms with Crippen molar-refractivity contribution in [1.82, 2.24) is 15.5 Å². The van der Waals surface area contributed by atoms with Gasteiger partial charge in [0.2, 0.25) is 0 Å². The standard InChI is InChI=1S/C8H11ClN4/c9-7-1-2-8(13-12-7)11-5-6-3-10-4-6/h1-2,6,10H,3-5H2,(H,11,13). The second kappa shape index (κ2) is 3.89. The molecule has 1 saturated heterocycles. The minimum atomic E-state index is 0.427. The number of halogens is 1. The molecule has 0 aromatic carbocycles. The molecular weight excluding hydrogens is 188 g/mol. The highest BCUT2D eigenvalue weighted by Crippen LogP contribution is 2.08. The molecule has 1 aliphatic heterocycles. The van der Waals surface area contributed by atoms with Crippen molar-refractivity contribution in [3.63, 3.8) is 0 Å². The van der Waals surface area contributed by atoms with Gasteiger partial charge in [-0.05, 0) is 12.1 Å². The van der Waals surface area contributed by atoms with Crippen LogP contribution in [0.5, 0.6) is 0 Å². The average molecular weight is 199 g/mol. The van der Waals surface area contributed by atoms with E-state index in [2.05, 4.69) is 20.8 Å². The van der Waals surface area contributed by atoms with Gasteiger partial charge >= 0.3 is 0 Å². The summed E-state index contributed by atoms with van der Waals surface area (Å²) >= 11 is 5.60. The van der Waals surface area contributed by atoms with E-state index in [0.717, 1.165) is 31.4 Å². The summed E-state index contributed by atoms with van der Waals surface area (Å²) < 4.78 is 0. The second-order valence-electron chi connectivity index (χ2n) is 3.15. The number of hydrogen-bond donors (Lipinski definition) is 2. The van der Waals surface area contributed by atoms with Gasteiger partial charge in [0.1, 0.15) is 5.82 Å². The molecule has 2 rings (SSSR count). The van der Waals surface area contributed by atoms with E-state index in [9.17, 15) is 0 Å². The molecule has 0 atom stereocenters. The lowest BCUT2D eigenvalue weighted by atomic mass is 10.0. The Morgan fingerprint density at radius 2 is 2.31 bits per heavy atom. The lowest BCUT2D eigenvalue weighted by Gasteiger charge is -2.27. The molecule has 0 unspecified atom stereocenters. The van der Waals surface area contributed by atoms with E-state index in [-0.39, 0.29) is 0 Å². The van der Waals surface area contributed by atoms with Crippen LogP contribution in [0.2, 0.25) is 5.15 Å². The molecule has 0 bridgehead atoms. The van der Waals surface area contributed by atoms with Crippen LogP contribution >= 0.6 is 11.6 Å². The summed E-state index contributed by atoms with van der Waals surface area (Å²) in [5, 5.41) is 14.5. The molecule has 5 heteroatoms. The molecule has 1 aliphatic rings. The first-order chi connectivity index (χ1) is 6.34. The van der Waals surface area contributed by atoms with Crippen LogP contribution < -0.4 is 10.6 Å². The Morgan fingerprint density at radius 3 is 2.85 bits per heavy atom. The van der Waals surface area contributed by atoms with Gasteiger partial charge in [0.25, 0.3) is 0 Å². The molecule has 1 aromatic rings. The number of nitrogens with zero attached hydrogens (tertiary/aromatic N) is 2. The van der Waals surface area contributed by atoms with Crippen molar-refractivity contribution in [1.29, 1.82) is 0 Å². The molecule has 2 heterocycles. The molecule has 70 valence electrons. The van der Waals surface area contributed by atoms with Gasteiger partial charge in [0.05, 0.1) is 0 Å². The van der Waals surface area contributed by atoms with Crippen LogP contribution in [0.15, 0.2) is 12.1 Å². The first-order valence-corrected chi connectivity index (χ1v) is 4.66. The van der Waals surface area contributed by atoms with Crippen LogP contribution in [0, 0.1) is 5.92 Å². The Kier molecular flexibility index (Phi) is 2.61. The maximum atomic E-state index is 5.60. The van der Waals surface area contributed by atoms with Gasteiger partial charge in [-0.15, -0.1) is 10.2 Å². The van der Waals surface area contributed by atoms with Crippen LogP contribution in [0.3, 0.4) is 0 Å². The summed E-state index contributed by atoms with van der Waals surface area (Å²) in [5.41, 5.74) is 0. The quantitative estimate of drug-likeness (QED) is 0.753. The fraction of sp³-hybridized carbons (Fsp3) is 0.500. The first kappa shape index (κ1) is 8.72. The summed E-state index contributed by atoms with van der Waals surface area (Å²) in [6.07, 6.45) is 0. The van der Waals surface area contributed by atoms with Gasteiger partial charge in [0.15, 0.2) is 5.15 Å². The predicted octanol–water partition coefficient (Wildman–Crippen LogP) is 0.761. The Bertz CT molecular complexity index is 270. The van der Waals surface area contributed by atoms with E-state index < -0.39 is 0 Å². The number of rotatable bonds is 3. The molecule has 1 aromatic heterocycles. The minimum Gasteiger partial charge on any atom is -0.368 e. The lowest BCUT2D eigenvalue weighted by molar-refractivity contribution is 0.365. The maximum absolute atomic E-state index is 5.60. The van der Waals surface area contributed by atoms with E-state index in [4.69, 9.17) is 11.6 Å². The van der Waals surface area contributed by atoms with Crippen molar-refractivity contribution in [2.45, 2.75) is 0 Å². The van der Waals surface area contributed by atoms with E-state index in [1.165, 1.54) is 0 Å². The summed E-state index contributed by atoms with van der Waals surface area (Å²) in [5.74, 6) is 1.51. The summed E-state index contributed by atoms with van der Waals surface area (Å²) in [4.78, 5) is 0. The van der Waals surface area contributed by atoms with E-state index in [1.54, 1.807) is 6.07 Å². The van der Waals surface area contributed by atoms with Gasteiger partial charge < -0.3 is 10.6 Å². The van der Waals surface area contributed by atoms with Crippen molar-refractivity contribution in [3.05, 3.63) is 17.3 Å². The van der Waals surface area contributed by atoms with Gasteiger partial charge in [-0.25, -0.2) is 0 Å². The summed E-state index contributed by atoms with van der Waals surface area (Å²) in [6.45, 7) is 3.13. The number of hydrogen-bond acceptors (Lipinski definition) is 4. The molecule has 0 amide bonds. The van der Waals surface area contributed by atoms with E-state index in [0.29, 0.717) is 5.15 Å². The average Bonchev–Trinajstić information content (AvgIpc) is 2.05. The molecule has 0 spiro atoms. The highest BCUT2D eigenvalue weighted by Gasteiger charge is 2.15. The Morgan fingerprint density at radius 1 is 1.46 bits per heavy atom. The number of nitrogens with one attached hydrogen (secondary N) is 2. The third-order valence-electron chi connectivity index (χ3n) is 2.07. The fourth-order valence-corrected chi connectivity index (χ4v) is 1.25. The van der Waals surface area contributed by atoms with Crippen molar-refractivity contribution in [3.8, 4) is 0 Å². The second-order valence-corrected chi connectivity index (χ2v) is 3.53. The Hall–Kier alpha value is -0.870. The van der Waals surface area contributed by atoms with Gasteiger partial charge in [-0.1, -0.05) is 11.6 Å². The van der Waals surface area contributed by atoms with Crippen molar-refractivity contribution >= 4 is 17.4 Å². The molecular formula is C8H11ClN4. The highest BCUT2D eigenvalue weighted by atomic mass is 35.5. The zero-order chi connectivity index (χ0) is 9.10. The van der Waals surface area contributed by atoms with Crippen molar-refractivity contribution in [2.75, 3.05) is 25.0 Å². The number of aromatic nitrogens is 2.